The largest absolute Gasteiger partial charge is 0.306 e. The van der Waals surface area contributed by atoms with Gasteiger partial charge in [-0.05, 0) is 29.7 Å². The Kier molecular flexibility index (Phi) is 4.35. The summed E-state index contributed by atoms with van der Waals surface area (Å²) in [5.41, 5.74) is 3.22. The molecule has 1 aromatic carbocycles. The van der Waals surface area contributed by atoms with Crippen LogP contribution in [0.4, 0.5) is 0 Å². The van der Waals surface area contributed by atoms with Gasteiger partial charge in [-0.1, -0.05) is 43.5 Å². The Morgan fingerprint density at radius 2 is 1.88 bits per heavy atom. The van der Waals surface area contributed by atoms with Crippen LogP contribution < -0.4 is 0 Å². The molecule has 0 amide bonds. The molecule has 1 rings (SSSR count). The van der Waals surface area contributed by atoms with Gasteiger partial charge in [0.15, 0.2) is 6.29 Å². The van der Waals surface area contributed by atoms with Crippen LogP contribution in [0.25, 0.3) is 5.57 Å². The lowest BCUT2D eigenvalue weighted by molar-refractivity contribution is 0.112. The molecule has 0 aromatic heterocycles. The van der Waals surface area contributed by atoms with Crippen LogP contribution in [0.3, 0.4) is 0 Å². The fourth-order valence-corrected chi connectivity index (χ4v) is 1.37. The van der Waals surface area contributed by atoms with E-state index in [-0.39, 0.29) is 0 Å². The summed E-state index contributed by atoms with van der Waals surface area (Å²) >= 11 is 0. The summed E-state index contributed by atoms with van der Waals surface area (Å²) < 4.78 is 0. The fourth-order valence-electron chi connectivity index (χ4n) is 1.37. The highest BCUT2D eigenvalue weighted by Crippen LogP contribution is 2.23. The molecule has 2 heteroatoms. The van der Waals surface area contributed by atoms with Crippen molar-refractivity contribution in [1.82, 2.24) is 0 Å². The first-order chi connectivity index (χ1) is 8.06. The Bertz CT molecular complexity index is 509. The molecule has 0 saturated heterocycles. The highest BCUT2D eigenvalue weighted by Gasteiger charge is 2.05. The van der Waals surface area contributed by atoms with E-state index in [1.54, 1.807) is 31.2 Å². The van der Waals surface area contributed by atoms with Crippen LogP contribution in [0.15, 0.2) is 55.1 Å². The van der Waals surface area contributed by atoms with Crippen molar-refractivity contribution in [3.63, 3.8) is 0 Å². The summed E-state index contributed by atoms with van der Waals surface area (Å²) in [5, 5.41) is 7.30. The molecule has 86 valence electrons. The number of hydrogen-bond donors (Lipinski definition) is 1. The summed E-state index contributed by atoms with van der Waals surface area (Å²) in [7, 11) is 0. The van der Waals surface area contributed by atoms with E-state index in [0.29, 0.717) is 22.4 Å². The van der Waals surface area contributed by atoms with Gasteiger partial charge in [0.2, 0.25) is 0 Å². The lowest BCUT2D eigenvalue weighted by Crippen LogP contribution is -1.92. The summed E-state index contributed by atoms with van der Waals surface area (Å²) in [4.78, 5) is 10.9. The smallest absolute Gasteiger partial charge is 0.150 e. The van der Waals surface area contributed by atoms with Gasteiger partial charge < -0.3 is 5.41 Å². The average molecular weight is 225 g/mol. The number of carbonyl (C=O) groups is 1. The molecular formula is C15H15NO. The number of carbonyl (C=O) groups excluding carboxylic acids is 1. The van der Waals surface area contributed by atoms with E-state index in [9.17, 15) is 4.79 Å². The molecule has 1 N–H and O–H groups in total. The number of aldehydes is 1. The van der Waals surface area contributed by atoms with Crippen molar-refractivity contribution in [2.24, 2.45) is 0 Å². The van der Waals surface area contributed by atoms with E-state index in [4.69, 9.17) is 5.41 Å². The second-order valence-electron chi connectivity index (χ2n) is 3.73. The lowest BCUT2D eigenvalue weighted by Gasteiger charge is -2.08. The first-order valence-electron chi connectivity index (χ1n) is 5.22. The number of hydrogen-bond acceptors (Lipinski definition) is 2. The third kappa shape index (κ3) is 3.38. The van der Waals surface area contributed by atoms with Crippen LogP contribution in [0, 0.1) is 5.41 Å². The SMILES string of the molecule is C=C(/C=C\C(C)=N)C(=C)c1ccccc1C=O. The Morgan fingerprint density at radius 3 is 2.47 bits per heavy atom. The summed E-state index contributed by atoms with van der Waals surface area (Å²) in [6.07, 6.45) is 4.18. The Balaban J connectivity index is 3.00. The molecule has 17 heavy (non-hydrogen) atoms. The monoisotopic (exact) mass is 225 g/mol. The molecule has 0 fully saturated rings. The molecule has 0 atom stereocenters. The third-order valence-corrected chi connectivity index (χ3v) is 2.34. The van der Waals surface area contributed by atoms with Gasteiger partial charge in [-0.15, -0.1) is 0 Å². The quantitative estimate of drug-likeness (QED) is 0.463. The van der Waals surface area contributed by atoms with Crippen molar-refractivity contribution < 1.29 is 4.79 Å². The van der Waals surface area contributed by atoms with Gasteiger partial charge in [0.05, 0.1) is 0 Å². The van der Waals surface area contributed by atoms with Crippen molar-refractivity contribution in [2.45, 2.75) is 6.92 Å². The maximum absolute atomic E-state index is 10.9. The first-order valence-corrected chi connectivity index (χ1v) is 5.22. The molecule has 0 spiro atoms. The van der Waals surface area contributed by atoms with Gasteiger partial charge in [0.25, 0.3) is 0 Å². The van der Waals surface area contributed by atoms with Crippen molar-refractivity contribution in [1.29, 1.82) is 5.41 Å². The van der Waals surface area contributed by atoms with Crippen LogP contribution in [0.5, 0.6) is 0 Å². The van der Waals surface area contributed by atoms with Gasteiger partial charge in [0.1, 0.15) is 0 Å². The zero-order chi connectivity index (χ0) is 12.8. The van der Waals surface area contributed by atoms with Crippen molar-refractivity contribution in [3.05, 3.63) is 66.3 Å². The van der Waals surface area contributed by atoms with Gasteiger partial charge in [-0.2, -0.15) is 0 Å². The van der Waals surface area contributed by atoms with Gasteiger partial charge in [-0.25, -0.2) is 0 Å². The fraction of sp³-hybridized carbons (Fsp3) is 0.0667. The minimum Gasteiger partial charge on any atom is -0.306 e. The van der Waals surface area contributed by atoms with Gasteiger partial charge in [-0.3, -0.25) is 4.79 Å². The summed E-state index contributed by atoms with van der Waals surface area (Å²) in [5.74, 6) is 0. The molecule has 0 heterocycles. The maximum Gasteiger partial charge on any atom is 0.150 e. The molecule has 0 bridgehead atoms. The van der Waals surface area contributed by atoms with Crippen LogP contribution in [0.2, 0.25) is 0 Å². The Morgan fingerprint density at radius 1 is 1.24 bits per heavy atom. The number of rotatable bonds is 5. The van der Waals surface area contributed by atoms with E-state index in [0.717, 1.165) is 11.8 Å². The summed E-state index contributed by atoms with van der Waals surface area (Å²) in [6, 6.07) is 7.24. The second-order valence-corrected chi connectivity index (χ2v) is 3.73. The molecular weight excluding hydrogens is 210 g/mol. The molecule has 0 aliphatic rings. The summed E-state index contributed by atoms with van der Waals surface area (Å²) in [6.45, 7) is 9.50. The normalized spacial score (nSPS) is 10.2. The van der Waals surface area contributed by atoms with Gasteiger partial charge in [0, 0.05) is 11.3 Å². The average Bonchev–Trinajstić information content (AvgIpc) is 2.34. The van der Waals surface area contributed by atoms with Crippen molar-refractivity contribution in [2.75, 3.05) is 0 Å². The van der Waals surface area contributed by atoms with E-state index in [1.165, 1.54) is 0 Å². The number of allylic oxidation sites excluding steroid dienone is 4. The Hall–Kier alpha value is -2.22. The minimum absolute atomic E-state index is 0.447. The van der Waals surface area contributed by atoms with E-state index in [1.807, 2.05) is 12.1 Å². The molecule has 0 aliphatic carbocycles. The standard InChI is InChI=1S/C15H15NO/c1-11(8-9-12(2)16)13(3)15-7-5-4-6-14(15)10-17/h4-10,16H,1,3H2,2H3/b9-8-,16-12?. The molecule has 0 saturated carbocycles. The third-order valence-electron chi connectivity index (χ3n) is 2.34. The second kappa shape index (κ2) is 5.75. The maximum atomic E-state index is 10.9. The predicted molar refractivity (Wildman–Crippen MR) is 72.5 cm³/mol. The number of nitrogens with one attached hydrogen (secondary N) is 1. The molecule has 2 nitrogen and oxygen atoms in total. The highest BCUT2D eigenvalue weighted by atomic mass is 16.1. The molecule has 0 aliphatic heterocycles. The zero-order valence-corrected chi connectivity index (χ0v) is 9.86. The van der Waals surface area contributed by atoms with Crippen LogP contribution in [-0.4, -0.2) is 12.0 Å². The van der Waals surface area contributed by atoms with Crippen molar-refractivity contribution in [3.8, 4) is 0 Å². The minimum atomic E-state index is 0.447. The van der Waals surface area contributed by atoms with Gasteiger partial charge >= 0.3 is 0 Å². The van der Waals surface area contributed by atoms with E-state index in [2.05, 4.69) is 13.2 Å². The van der Waals surface area contributed by atoms with Crippen LogP contribution in [-0.2, 0) is 0 Å². The van der Waals surface area contributed by atoms with Crippen LogP contribution >= 0.6 is 0 Å². The highest BCUT2D eigenvalue weighted by molar-refractivity contribution is 5.94. The molecule has 0 radical (unpaired) electrons. The predicted octanol–water partition coefficient (Wildman–Crippen LogP) is 3.66. The van der Waals surface area contributed by atoms with E-state index < -0.39 is 0 Å². The zero-order valence-electron chi connectivity index (χ0n) is 9.86. The lowest BCUT2D eigenvalue weighted by atomic mass is 9.96. The van der Waals surface area contributed by atoms with Crippen molar-refractivity contribution >= 4 is 17.6 Å². The topological polar surface area (TPSA) is 40.9 Å². The molecule has 0 unspecified atom stereocenters. The first kappa shape index (κ1) is 12.8. The molecule has 1 aromatic rings. The Labute approximate surface area is 101 Å². The van der Waals surface area contributed by atoms with E-state index >= 15 is 0 Å². The number of benzene rings is 1. The van der Waals surface area contributed by atoms with Crippen LogP contribution in [0.1, 0.15) is 22.8 Å².